The van der Waals surface area contributed by atoms with Crippen LogP contribution in [0, 0.1) is 0 Å². The normalized spacial score (nSPS) is 14.4. The molecule has 1 aromatic rings. The summed E-state index contributed by atoms with van der Waals surface area (Å²) in [7, 11) is 13.9. The number of anilines is 2. The van der Waals surface area contributed by atoms with Crippen molar-refractivity contribution in [2.75, 3.05) is 16.7 Å². The molecule has 0 unspecified atom stereocenters. The van der Waals surface area contributed by atoms with E-state index in [-0.39, 0.29) is 7.12 Å². The van der Waals surface area contributed by atoms with Gasteiger partial charge in [0.15, 0.2) is 0 Å². The molecule has 1 aliphatic rings. The van der Waals surface area contributed by atoms with Crippen LogP contribution in [0.5, 0.6) is 0 Å². The molecule has 0 spiro atoms. The zero-order chi connectivity index (χ0) is 12.6. The summed E-state index contributed by atoms with van der Waals surface area (Å²) in [4.78, 5) is 4.39. The molecule has 1 aliphatic heterocycles. The van der Waals surface area contributed by atoms with Crippen LogP contribution in [0.3, 0.4) is 0 Å². The Morgan fingerprint density at radius 3 is 2.35 bits per heavy atom. The van der Waals surface area contributed by atoms with Gasteiger partial charge in [-0.15, -0.1) is 0 Å². The first kappa shape index (κ1) is 13.4. The van der Waals surface area contributed by atoms with E-state index in [0.29, 0.717) is 6.04 Å². The van der Waals surface area contributed by atoms with Crippen molar-refractivity contribution < 1.29 is 15.6 Å². The molecule has 0 radical (unpaired) electrons. The average molecular weight is 306 g/mol. The van der Waals surface area contributed by atoms with Gasteiger partial charge in [0.25, 0.3) is 0 Å². The number of hydrogen-bond donors (Lipinski definition) is 0. The van der Waals surface area contributed by atoms with E-state index in [0.717, 1.165) is 0 Å². The van der Waals surface area contributed by atoms with E-state index >= 15 is 0 Å². The zero-order valence-electron chi connectivity index (χ0n) is 10.1. The minimum absolute atomic E-state index is 0.0580. The van der Waals surface area contributed by atoms with Gasteiger partial charge in [0.1, 0.15) is 0 Å². The van der Waals surface area contributed by atoms with E-state index in [1.165, 1.54) is 11.4 Å². The molecule has 3 nitrogen and oxygen atoms in total. The van der Waals surface area contributed by atoms with Gasteiger partial charge >= 0.3 is 117 Å². The van der Waals surface area contributed by atoms with Gasteiger partial charge in [0.05, 0.1) is 0 Å². The summed E-state index contributed by atoms with van der Waals surface area (Å²) < 4.78 is 4.52. The van der Waals surface area contributed by atoms with Gasteiger partial charge in [0.2, 0.25) is 0 Å². The number of fused-ring (bicyclic) bond motifs is 1. The van der Waals surface area contributed by atoms with Crippen LogP contribution in [0.1, 0.15) is 13.8 Å². The molecule has 90 valence electrons. The van der Waals surface area contributed by atoms with Crippen molar-refractivity contribution in [1.82, 2.24) is 0 Å². The number of hydrogen-bond acceptors (Lipinski definition) is 3. The van der Waals surface area contributed by atoms with Crippen molar-refractivity contribution in [1.29, 1.82) is 0 Å². The fourth-order valence-corrected chi connectivity index (χ4v) is 3.65. The Labute approximate surface area is 116 Å². The summed E-state index contributed by atoms with van der Waals surface area (Å²) in [6.07, 6.45) is 0. The van der Waals surface area contributed by atoms with Crippen LogP contribution >= 0.6 is 18.6 Å². The molecule has 0 atom stereocenters. The van der Waals surface area contributed by atoms with Crippen molar-refractivity contribution in [3.05, 3.63) is 24.3 Å². The predicted octanol–water partition coefficient (Wildman–Crippen LogP) is 3.45. The van der Waals surface area contributed by atoms with E-state index in [4.69, 9.17) is 18.6 Å². The molecule has 0 saturated carbocycles. The molecular weight excluding hydrogens is 292 g/mol. The molecule has 0 saturated heterocycles. The Morgan fingerprint density at radius 2 is 1.82 bits per heavy atom. The zero-order valence-corrected chi connectivity index (χ0v) is 13.1. The molecule has 1 heterocycles. The van der Waals surface area contributed by atoms with Crippen molar-refractivity contribution in [3.8, 4) is 0 Å². The summed E-state index contributed by atoms with van der Waals surface area (Å²) >= 11 is -2.24. The van der Waals surface area contributed by atoms with Crippen LogP contribution in [-0.4, -0.2) is 20.2 Å². The van der Waals surface area contributed by atoms with Crippen LogP contribution in [0.15, 0.2) is 27.6 Å². The molecule has 7 heteroatoms. The van der Waals surface area contributed by atoms with E-state index in [9.17, 15) is 0 Å². The third-order valence-corrected chi connectivity index (χ3v) is 4.37. The minimum atomic E-state index is -2.24. The molecule has 0 bridgehead atoms. The molecular formula is C10H14BCl2N3Ti. The fraction of sp³-hybridized carbons (Fsp3) is 0.400. The standard InChI is InChI=1S/C10H14BN3.2ClH.Ti/c1-8(2)14-10-7-5-4-6-9(10)13(3)11(14)12;;;/h4-8H,1-3H3;2*1H;/q;;;+2/p-2. The van der Waals surface area contributed by atoms with Crippen LogP contribution < -0.4 is 9.62 Å². The number of para-hydroxylation sites is 2. The third kappa shape index (κ3) is 2.55. The van der Waals surface area contributed by atoms with Gasteiger partial charge in [-0.3, -0.25) is 0 Å². The van der Waals surface area contributed by atoms with Gasteiger partial charge in [0, 0.05) is 0 Å². The van der Waals surface area contributed by atoms with Gasteiger partial charge in [-0.1, -0.05) is 0 Å². The molecule has 0 aliphatic carbocycles. The Bertz CT molecular complexity index is 451. The summed E-state index contributed by atoms with van der Waals surface area (Å²) in [6.45, 7) is 4.31. The molecule has 0 fully saturated rings. The van der Waals surface area contributed by atoms with E-state index in [1.54, 1.807) is 0 Å². The van der Waals surface area contributed by atoms with Crippen LogP contribution in [0.25, 0.3) is 0 Å². The van der Waals surface area contributed by atoms with Gasteiger partial charge in [-0.05, 0) is 0 Å². The Balaban J connectivity index is 2.48. The Morgan fingerprint density at radius 1 is 1.24 bits per heavy atom. The number of benzene rings is 1. The summed E-state index contributed by atoms with van der Waals surface area (Å²) in [5.74, 6) is 0. The number of halogens is 2. The molecule has 2 rings (SSSR count). The third-order valence-electron chi connectivity index (χ3n) is 2.90. The second-order valence-electron chi connectivity index (χ2n) is 4.32. The maximum atomic E-state index is 5.95. The SMILES string of the molecule is CC(C)N1B([N]=[Ti]([Cl])[Cl])N(C)c2ccccc21. The van der Waals surface area contributed by atoms with Gasteiger partial charge < -0.3 is 0 Å². The summed E-state index contributed by atoms with van der Waals surface area (Å²) in [6, 6.07) is 8.66. The predicted molar refractivity (Wildman–Crippen MR) is 72.3 cm³/mol. The average Bonchev–Trinajstić information content (AvgIpc) is 2.52. The van der Waals surface area contributed by atoms with E-state index in [1.807, 2.05) is 19.2 Å². The molecule has 17 heavy (non-hydrogen) atoms. The fourth-order valence-electron chi connectivity index (χ4n) is 2.20. The first-order chi connectivity index (χ1) is 8.02. The van der Waals surface area contributed by atoms with Gasteiger partial charge in [-0.2, -0.15) is 0 Å². The van der Waals surface area contributed by atoms with Crippen LogP contribution in [-0.2, 0) is 15.6 Å². The Hall–Kier alpha value is -0.0208. The second-order valence-corrected chi connectivity index (χ2v) is 9.22. The molecule has 0 amide bonds. The maximum absolute atomic E-state index is 5.95. The van der Waals surface area contributed by atoms with Crippen molar-refractivity contribution >= 4 is 37.1 Å². The summed E-state index contributed by atoms with van der Waals surface area (Å²) in [5, 5.41) is 0. The Kier molecular flexibility index (Phi) is 4.19. The first-order valence-electron chi connectivity index (χ1n) is 5.51. The van der Waals surface area contributed by atoms with Crippen LogP contribution in [0.4, 0.5) is 11.4 Å². The van der Waals surface area contributed by atoms with Crippen molar-refractivity contribution in [2.45, 2.75) is 19.9 Å². The van der Waals surface area contributed by atoms with E-state index < -0.39 is 15.6 Å². The van der Waals surface area contributed by atoms with E-state index in [2.05, 4.69) is 38.9 Å². The topological polar surface area (TPSA) is 18.8 Å². The first-order valence-corrected chi connectivity index (χ1v) is 10.5. The van der Waals surface area contributed by atoms with Crippen molar-refractivity contribution in [2.24, 2.45) is 3.33 Å². The van der Waals surface area contributed by atoms with Crippen LogP contribution in [0.2, 0.25) is 0 Å². The molecule has 1 aromatic carbocycles. The molecule has 0 aromatic heterocycles. The van der Waals surface area contributed by atoms with Gasteiger partial charge in [-0.25, -0.2) is 0 Å². The quantitative estimate of drug-likeness (QED) is 0.779. The molecule has 0 N–H and O–H groups in total. The number of rotatable bonds is 2. The monoisotopic (exact) mass is 305 g/mol. The van der Waals surface area contributed by atoms with Crippen molar-refractivity contribution in [3.63, 3.8) is 0 Å². The number of nitrogens with zero attached hydrogens (tertiary/aromatic N) is 3. The second kappa shape index (κ2) is 5.31. The summed E-state index contributed by atoms with van der Waals surface area (Å²) in [5.41, 5.74) is 2.38.